The van der Waals surface area contributed by atoms with Crippen molar-refractivity contribution in [3.05, 3.63) is 75.3 Å². The third-order valence-electron chi connectivity index (χ3n) is 4.25. The summed E-state index contributed by atoms with van der Waals surface area (Å²) >= 11 is 1.42. The van der Waals surface area contributed by atoms with E-state index in [-0.39, 0.29) is 17.9 Å². The molecule has 0 bridgehead atoms. The molecule has 0 N–H and O–H groups in total. The third kappa shape index (κ3) is 3.21. The average Bonchev–Trinajstić information content (AvgIpc) is 3.08. The summed E-state index contributed by atoms with van der Waals surface area (Å²) in [5.41, 5.74) is 1.92. The molecular weight excluding hydrogens is 365 g/mol. The summed E-state index contributed by atoms with van der Waals surface area (Å²) in [7, 11) is 1.60. The van der Waals surface area contributed by atoms with Gasteiger partial charge in [-0.05, 0) is 37.3 Å². The predicted octanol–water partition coefficient (Wildman–Crippen LogP) is 4.02. The summed E-state index contributed by atoms with van der Waals surface area (Å²) in [6.07, 6.45) is 0. The van der Waals surface area contributed by atoms with E-state index in [0.29, 0.717) is 16.8 Å². The van der Waals surface area contributed by atoms with Crippen molar-refractivity contribution in [2.24, 2.45) is 0 Å². The minimum Gasteiger partial charge on any atom is -0.497 e. The minimum atomic E-state index is -0.369. The number of nitrogens with zero attached hydrogens (tertiary/aromatic N) is 3. The second-order valence-corrected chi connectivity index (χ2v) is 7.25. The predicted molar refractivity (Wildman–Crippen MR) is 104 cm³/mol. The highest BCUT2D eigenvalue weighted by Crippen LogP contribution is 2.30. The Kier molecular flexibility index (Phi) is 4.45. The number of thiazole rings is 1. The van der Waals surface area contributed by atoms with Crippen molar-refractivity contribution in [1.29, 1.82) is 0 Å². The molecule has 2 aromatic carbocycles. The number of halogens is 1. The first-order chi connectivity index (χ1) is 13.1. The van der Waals surface area contributed by atoms with Gasteiger partial charge in [-0.15, -0.1) is 11.3 Å². The number of hydrogen-bond acceptors (Lipinski definition) is 5. The van der Waals surface area contributed by atoms with Crippen molar-refractivity contribution in [1.82, 2.24) is 14.8 Å². The van der Waals surface area contributed by atoms with Gasteiger partial charge in [0.15, 0.2) is 5.52 Å². The molecule has 0 saturated heterocycles. The summed E-state index contributed by atoms with van der Waals surface area (Å²) in [6.45, 7) is 1.89. The van der Waals surface area contributed by atoms with Crippen LogP contribution in [0.2, 0.25) is 0 Å². The fraction of sp³-hybridized carbons (Fsp3) is 0.150. The van der Waals surface area contributed by atoms with E-state index in [1.165, 1.54) is 22.1 Å². The van der Waals surface area contributed by atoms with Crippen molar-refractivity contribution in [2.45, 2.75) is 13.5 Å². The number of rotatable bonds is 4. The van der Waals surface area contributed by atoms with Crippen LogP contribution in [0.15, 0.2) is 53.3 Å². The van der Waals surface area contributed by atoms with E-state index < -0.39 is 0 Å². The first-order valence-corrected chi connectivity index (χ1v) is 9.14. The summed E-state index contributed by atoms with van der Waals surface area (Å²) in [6, 6.07) is 13.8. The van der Waals surface area contributed by atoms with E-state index in [4.69, 9.17) is 4.74 Å². The van der Waals surface area contributed by atoms with E-state index in [9.17, 15) is 9.18 Å². The Labute approximate surface area is 158 Å². The fourth-order valence-electron chi connectivity index (χ4n) is 2.90. The quantitative estimate of drug-likeness (QED) is 0.536. The molecule has 27 heavy (non-hydrogen) atoms. The Morgan fingerprint density at radius 1 is 1.15 bits per heavy atom. The first-order valence-electron chi connectivity index (χ1n) is 8.33. The molecule has 0 unspecified atom stereocenters. The van der Waals surface area contributed by atoms with E-state index in [0.717, 1.165) is 21.0 Å². The molecule has 0 fully saturated rings. The van der Waals surface area contributed by atoms with Crippen LogP contribution in [0.25, 0.3) is 21.5 Å². The van der Waals surface area contributed by atoms with E-state index in [2.05, 4.69) is 10.1 Å². The topological polar surface area (TPSA) is 57.0 Å². The van der Waals surface area contributed by atoms with Gasteiger partial charge in [0.2, 0.25) is 0 Å². The lowest BCUT2D eigenvalue weighted by Crippen LogP contribution is -2.24. The summed E-state index contributed by atoms with van der Waals surface area (Å²) in [5.74, 6) is 0.363. The maximum Gasteiger partial charge on any atom is 0.294 e. The van der Waals surface area contributed by atoms with Crippen LogP contribution in [0.5, 0.6) is 5.75 Å². The Balaban J connectivity index is 1.91. The lowest BCUT2D eigenvalue weighted by atomic mass is 10.1. The van der Waals surface area contributed by atoms with Crippen molar-refractivity contribution < 1.29 is 9.13 Å². The molecule has 0 amide bonds. The standard InChI is InChI=1S/C20H16FN3O2S/c1-12-22-18-19(27-12)17(13-7-9-15(26-2)10-8-13)23-24(20(18)25)11-14-5-3-4-6-16(14)21/h3-10H,11H2,1-2H3. The van der Waals surface area contributed by atoms with Crippen LogP contribution < -0.4 is 10.3 Å². The molecule has 0 spiro atoms. The molecule has 0 aliphatic heterocycles. The molecule has 136 valence electrons. The molecule has 0 atom stereocenters. The van der Waals surface area contributed by atoms with Crippen LogP contribution in [-0.2, 0) is 6.54 Å². The molecule has 5 nitrogen and oxygen atoms in total. The molecule has 2 heterocycles. The van der Waals surface area contributed by atoms with Crippen molar-refractivity contribution in [2.75, 3.05) is 7.11 Å². The van der Waals surface area contributed by atoms with Gasteiger partial charge in [-0.3, -0.25) is 4.79 Å². The van der Waals surface area contributed by atoms with Gasteiger partial charge in [0, 0.05) is 11.1 Å². The van der Waals surface area contributed by atoms with Crippen molar-refractivity contribution >= 4 is 21.6 Å². The number of fused-ring (bicyclic) bond motifs is 1. The number of benzene rings is 2. The lowest BCUT2D eigenvalue weighted by molar-refractivity contribution is 0.415. The van der Waals surface area contributed by atoms with Crippen LogP contribution >= 0.6 is 11.3 Å². The summed E-state index contributed by atoms with van der Waals surface area (Å²) in [5, 5.41) is 5.32. The maximum atomic E-state index is 14.1. The molecular formula is C20H16FN3O2S. The van der Waals surface area contributed by atoms with Crippen LogP contribution in [0, 0.1) is 12.7 Å². The molecule has 0 aliphatic carbocycles. The Hall–Kier alpha value is -3.06. The van der Waals surface area contributed by atoms with Gasteiger partial charge in [0.1, 0.15) is 17.3 Å². The normalized spacial score (nSPS) is 11.1. The third-order valence-corrected chi connectivity index (χ3v) is 5.23. The van der Waals surface area contributed by atoms with Gasteiger partial charge in [0.25, 0.3) is 5.56 Å². The molecule has 7 heteroatoms. The molecule has 4 rings (SSSR count). The number of aryl methyl sites for hydroxylation is 1. The molecule has 4 aromatic rings. The maximum absolute atomic E-state index is 14.1. The number of ether oxygens (including phenoxy) is 1. The van der Waals surface area contributed by atoms with Crippen molar-refractivity contribution in [3.8, 4) is 17.0 Å². The monoisotopic (exact) mass is 381 g/mol. The van der Waals surface area contributed by atoms with Crippen LogP contribution in [0.1, 0.15) is 10.6 Å². The van der Waals surface area contributed by atoms with E-state index in [1.54, 1.807) is 25.3 Å². The Morgan fingerprint density at radius 3 is 2.59 bits per heavy atom. The van der Waals surface area contributed by atoms with Crippen LogP contribution in [-0.4, -0.2) is 21.9 Å². The summed E-state index contributed by atoms with van der Waals surface area (Å²) < 4.78 is 21.3. The Morgan fingerprint density at radius 2 is 1.89 bits per heavy atom. The number of methoxy groups -OCH3 is 1. The van der Waals surface area contributed by atoms with Gasteiger partial charge in [-0.1, -0.05) is 18.2 Å². The second kappa shape index (κ2) is 6.92. The van der Waals surface area contributed by atoms with Crippen LogP contribution in [0.3, 0.4) is 0 Å². The highest BCUT2D eigenvalue weighted by molar-refractivity contribution is 7.19. The highest BCUT2D eigenvalue weighted by Gasteiger charge is 2.17. The van der Waals surface area contributed by atoms with E-state index in [1.807, 2.05) is 31.2 Å². The minimum absolute atomic E-state index is 0.0428. The van der Waals surface area contributed by atoms with Crippen molar-refractivity contribution in [3.63, 3.8) is 0 Å². The molecule has 0 aliphatic rings. The molecule has 0 radical (unpaired) electrons. The zero-order chi connectivity index (χ0) is 19.0. The molecule has 2 aromatic heterocycles. The summed E-state index contributed by atoms with van der Waals surface area (Å²) in [4.78, 5) is 17.2. The highest BCUT2D eigenvalue weighted by atomic mass is 32.1. The zero-order valence-electron chi connectivity index (χ0n) is 14.8. The largest absolute Gasteiger partial charge is 0.497 e. The smallest absolute Gasteiger partial charge is 0.294 e. The fourth-order valence-corrected chi connectivity index (χ4v) is 3.82. The van der Waals surface area contributed by atoms with Crippen LogP contribution in [0.4, 0.5) is 4.39 Å². The lowest BCUT2D eigenvalue weighted by Gasteiger charge is -2.10. The zero-order valence-corrected chi connectivity index (χ0v) is 15.6. The van der Waals surface area contributed by atoms with Gasteiger partial charge in [-0.25, -0.2) is 14.1 Å². The SMILES string of the molecule is COc1ccc(-c2nn(Cc3ccccc3F)c(=O)c3nc(C)sc23)cc1. The van der Waals surface area contributed by atoms with Gasteiger partial charge < -0.3 is 4.74 Å². The second-order valence-electron chi connectivity index (χ2n) is 6.04. The van der Waals surface area contributed by atoms with Gasteiger partial charge in [-0.2, -0.15) is 5.10 Å². The van der Waals surface area contributed by atoms with E-state index >= 15 is 0 Å². The van der Waals surface area contributed by atoms with Gasteiger partial charge in [0.05, 0.1) is 23.4 Å². The Bertz CT molecular complexity index is 1180. The molecule has 0 saturated carbocycles. The van der Waals surface area contributed by atoms with Gasteiger partial charge >= 0.3 is 0 Å². The number of hydrogen-bond donors (Lipinski definition) is 0. The average molecular weight is 381 g/mol. The first kappa shape index (κ1) is 17.4. The number of aromatic nitrogens is 3.